The van der Waals surface area contributed by atoms with Crippen molar-refractivity contribution in [3.8, 4) is 5.75 Å². The van der Waals surface area contributed by atoms with Gasteiger partial charge in [0, 0.05) is 36.9 Å². The van der Waals surface area contributed by atoms with E-state index in [9.17, 15) is 22.4 Å². The van der Waals surface area contributed by atoms with E-state index in [1.54, 1.807) is 12.1 Å². The van der Waals surface area contributed by atoms with Gasteiger partial charge in [0.1, 0.15) is 0 Å². The van der Waals surface area contributed by atoms with Crippen LogP contribution in [-0.4, -0.2) is 32.7 Å². The molecule has 0 radical (unpaired) electrons. The van der Waals surface area contributed by atoms with Crippen molar-refractivity contribution < 1.29 is 27.1 Å². The molecular weight excluding hydrogens is 490 g/mol. The predicted octanol–water partition coefficient (Wildman–Crippen LogP) is 4.82. The zero-order valence-electron chi connectivity index (χ0n) is 19.8. The van der Waals surface area contributed by atoms with Crippen molar-refractivity contribution in [3.63, 3.8) is 0 Å². The van der Waals surface area contributed by atoms with Crippen LogP contribution < -0.4 is 10.1 Å². The van der Waals surface area contributed by atoms with Crippen molar-refractivity contribution in [2.24, 2.45) is 0 Å². The Labute approximate surface area is 210 Å². The summed E-state index contributed by atoms with van der Waals surface area (Å²) in [6, 6.07) is 8.59. The van der Waals surface area contributed by atoms with E-state index in [1.165, 1.54) is 19.4 Å². The third-order valence-corrected chi connectivity index (χ3v) is 5.59. The first kappa shape index (κ1) is 25.7. The molecule has 37 heavy (non-hydrogen) atoms. The number of aromatic nitrogens is 3. The average molecular weight is 513 g/mol. The molecule has 7 nitrogen and oxygen atoms in total. The number of rotatable bonds is 8. The molecule has 0 saturated heterocycles. The van der Waals surface area contributed by atoms with Crippen LogP contribution >= 0.6 is 0 Å². The van der Waals surface area contributed by atoms with Gasteiger partial charge >= 0.3 is 6.18 Å². The lowest BCUT2D eigenvalue weighted by Crippen LogP contribution is -2.26. The lowest BCUT2D eigenvalue weighted by molar-refractivity contribution is -0.141. The maximum Gasteiger partial charge on any atom is 0.435 e. The highest BCUT2D eigenvalue weighted by atomic mass is 19.4. The number of nitrogens with zero attached hydrogens (tertiary/aromatic N) is 4. The van der Waals surface area contributed by atoms with Gasteiger partial charge in [-0.1, -0.05) is 36.9 Å². The lowest BCUT2D eigenvalue weighted by atomic mass is 10.1. The Kier molecular flexibility index (Phi) is 7.42. The molecule has 1 aliphatic heterocycles. The molecule has 1 amide bonds. The van der Waals surface area contributed by atoms with Crippen LogP contribution in [0.5, 0.6) is 5.75 Å². The number of allylic oxidation sites excluding steroid dienone is 3. The average Bonchev–Trinajstić information content (AvgIpc) is 3.30. The number of pyridine rings is 1. The minimum atomic E-state index is -4.86. The minimum Gasteiger partial charge on any atom is -0.494 e. The van der Waals surface area contributed by atoms with E-state index in [4.69, 9.17) is 4.74 Å². The van der Waals surface area contributed by atoms with Crippen LogP contribution in [-0.2, 0) is 25.8 Å². The number of hydrogen-bond donors (Lipinski definition) is 1. The highest BCUT2D eigenvalue weighted by molar-refractivity contribution is 5.95. The SMILES string of the molecule is C=C1C=CC=CN1Cc1ccc(Cn2cc(C(=O)NCc3nccc(OC)c3F)c(C(F)(F)F)n2)cc1. The molecular formula is C26H23F4N5O2. The first-order valence-corrected chi connectivity index (χ1v) is 11.1. The zero-order valence-corrected chi connectivity index (χ0v) is 19.8. The Hall–Kier alpha value is -4.41. The summed E-state index contributed by atoms with van der Waals surface area (Å²) >= 11 is 0. The molecule has 4 rings (SSSR count). The summed E-state index contributed by atoms with van der Waals surface area (Å²) in [4.78, 5) is 18.4. The molecule has 0 saturated carbocycles. The maximum atomic E-state index is 14.3. The van der Waals surface area contributed by atoms with Gasteiger partial charge in [-0.2, -0.15) is 18.3 Å². The van der Waals surface area contributed by atoms with E-state index in [2.05, 4.69) is 22.0 Å². The number of ether oxygens (including phenoxy) is 1. The van der Waals surface area contributed by atoms with Gasteiger partial charge in [0.15, 0.2) is 17.3 Å². The summed E-state index contributed by atoms with van der Waals surface area (Å²) in [6.07, 6.45) is 5.02. The molecule has 2 aromatic heterocycles. The van der Waals surface area contributed by atoms with Gasteiger partial charge in [0.05, 0.1) is 31.5 Å². The molecule has 0 spiro atoms. The molecule has 0 aliphatic carbocycles. The minimum absolute atomic E-state index is 0.0156. The number of carbonyl (C=O) groups is 1. The van der Waals surface area contributed by atoms with E-state index >= 15 is 0 Å². The third-order valence-electron chi connectivity index (χ3n) is 5.59. The number of carbonyl (C=O) groups excluding carboxylic acids is 1. The number of halogens is 4. The van der Waals surface area contributed by atoms with E-state index in [1.807, 2.05) is 41.5 Å². The molecule has 192 valence electrons. The van der Waals surface area contributed by atoms with Crippen LogP contribution in [0.15, 0.2) is 79.4 Å². The van der Waals surface area contributed by atoms with Crippen LogP contribution in [0.25, 0.3) is 0 Å². The highest BCUT2D eigenvalue weighted by Crippen LogP contribution is 2.31. The van der Waals surface area contributed by atoms with Crippen molar-refractivity contribution in [3.05, 3.63) is 113 Å². The second-order valence-electron chi connectivity index (χ2n) is 8.18. The summed E-state index contributed by atoms with van der Waals surface area (Å²) in [6.45, 7) is 4.15. The quantitative estimate of drug-likeness (QED) is 0.438. The number of benzene rings is 1. The van der Waals surface area contributed by atoms with Crippen LogP contribution in [0.2, 0.25) is 0 Å². The fraction of sp³-hybridized carbons (Fsp3) is 0.192. The largest absolute Gasteiger partial charge is 0.494 e. The number of methoxy groups -OCH3 is 1. The molecule has 1 aliphatic rings. The van der Waals surface area contributed by atoms with E-state index in [0.29, 0.717) is 12.1 Å². The molecule has 3 aromatic rings. The van der Waals surface area contributed by atoms with Crippen molar-refractivity contribution in [2.45, 2.75) is 25.8 Å². The molecule has 3 heterocycles. The molecule has 0 atom stereocenters. The molecule has 1 aromatic carbocycles. The normalized spacial score (nSPS) is 13.2. The number of hydrogen-bond acceptors (Lipinski definition) is 5. The van der Waals surface area contributed by atoms with Crippen molar-refractivity contribution >= 4 is 5.91 Å². The van der Waals surface area contributed by atoms with Gasteiger partial charge in [0.2, 0.25) is 0 Å². The van der Waals surface area contributed by atoms with E-state index in [-0.39, 0.29) is 18.0 Å². The van der Waals surface area contributed by atoms with Gasteiger partial charge in [-0.25, -0.2) is 4.39 Å². The van der Waals surface area contributed by atoms with Crippen LogP contribution in [0.4, 0.5) is 17.6 Å². The Balaban J connectivity index is 1.47. The Morgan fingerprint density at radius 2 is 1.81 bits per heavy atom. The first-order valence-electron chi connectivity index (χ1n) is 11.1. The summed E-state index contributed by atoms with van der Waals surface area (Å²) < 4.78 is 61.1. The second kappa shape index (κ2) is 10.7. The monoisotopic (exact) mass is 513 g/mol. The molecule has 11 heteroatoms. The van der Waals surface area contributed by atoms with Crippen molar-refractivity contribution in [1.82, 2.24) is 25.0 Å². The number of amides is 1. The number of nitrogens with one attached hydrogen (secondary N) is 1. The highest BCUT2D eigenvalue weighted by Gasteiger charge is 2.39. The van der Waals surface area contributed by atoms with Crippen molar-refractivity contribution in [1.29, 1.82) is 0 Å². The third kappa shape index (κ3) is 6.05. The second-order valence-corrected chi connectivity index (χ2v) is 8.18. The lowest BCUT2D eigenvalue weighted by Gasteiger charge is -2.22. The van der Waals surface area contributed by atoms with Crippen LogP contribution in [0.3, 0.4) is 0 Å². The number of alkyl halides is 3. The smallest absolute Gasteiger partial charge is 0.435 e. The summed E-state index contributed by atoms with van der Waals surface area (Å²) in [5, 5.41) is 5.88. The van der Waals surface area contributed by atoms with Gasteiger partial charge in [0.25, 0.3) is 5.91 Å². The zero-order chi connectivity index (χ0) is 26.6. The predicted molar refractivity (Wildman–Crippen MR) is 128 cm³/mol. The molecule has 1 N–H and O–H groups in total. The molecule has 0 bridgehead atoms. The van der Waals surface area contributed by atoms with Gasteiger partial charge in [-0.15, -0.1) is 0 Å². The fourth-order valence-electron chi connectivity index (χ4n) is 3.68. The topological polar surface area (TPSA) is 72.3 Å². The summed E-state index contributed by atoms with van der Waals surface area (Å²) in [5.41, 5.74) is 0.356. The van der Waals surface area contributed by atoms with E-state index in [0.717, 1.165) is 22.1 Å². The Morgan fingerprint density at radius 3 is 2.46 bits per heavy atom. The Morgan fingerprint density at radius 1 is 1.11 bits per heavy atom. The van der Waals surface area contributed by atoms with Crippen LogP contribution in [0.1, 0.15) is 32.9 Å². The first-order chi connectivity index (χ1) is 17.7. The van der Waals surface area contributed by atoms with Gasteiger partial charge < -0.3 is 15.0 Å². The van der Waals surface area contributed by atoms with Crippen molar-refractivity contribution in [2.75, 3.05) is 7.11 Å². The fourth-order valence-corrected chi connectivity index (χ4v) is 3.68. The van der Waals surface area contributed by atoms with Crippen LogP contribution in [0, 0.1) is 5.82 Å². The summed E-state index contributed by atoms with van der Waals surface area (Å²) in [7, 11) is 1.26. The maximum absolute atomic E-state index is 14.3. The summed E-state index contributed by atoms with van der Waals surface area (Å²) in [5.74, 6) is -1.96. The molecule has 0 unspecified atom stereocenters. The van der Waals surface area contributed by atoms with Gasteiger partial charge in [-0.3, -0.25) is 14.5 Å². The molecule has 0 fully saturated rings. The Bertz CT molecular complexity index is 1360. The van der Waals surface area contributed by atoms with E-state index < -0.39 is 35.7 Å². The standard InChI is InChI=1S/C26H23F4N5O2/c1-17-5-3-4-12-34(17)14-18-6-8-19(9-7-18)15-35-16-20(24(33-35)26(28,29)30)25(36)32-13-21-23(27)22(37-2)10-11-31-21/h3-12,16H,1,13-15H2,2H3,(H,32,36). The van der Waals surface area contributed by atoms with Gasteiger partial charge in [-0.05, 0) is 23.3 Å².